The fourth-order valence-corrected chi connectivity index (χ4v) is 2.47. The first-order chi connectivity index (χ1) is 8.80. The number of rotatable bonds is 3. The van der Waals surface area contributed by atoms with Gasteiger partial charge in [0.05, 0.1) is 4.90 Å². The van der Waals surface area contributed by atoms with Crippen LogP contribution in [0, 0.1) is 5.82 Å². The van der Waals surface area contributed by atoms with Crippen molar-refractivity contribution in [3.8, 4) is 11.3 Å². The van der Waals surface area contributed by atoms with E-state index in [1.807, 2.05) is 0 Å². The summed E-state index contributed by atoms with van der Waals surface area (Å²) >= 11 is 0. The van der Waals surface area contributed by atoms with E-state index in [0.717, 1.165) is 30.8 Å². The minimum Gasteiger partial charge on any atom is -0.475 e. The van der Waals surface area contributed by atoms with Gasteiger partial charge in [-0.2, -0.15) is 0 Å². The number of oxazole rings is 1. The van der Waals surface area contributed by atoms with E-state index in [4.69, 9.17) is 5.11 Å². The topological polar surface area (TPSA) is 97.5 Å². The highest BCUT2D eigenvalue weighted by molar-refractivity contribution is 7.90. The Hall–Kier alpha value is -2.22. The van der Waals surface area contributed by atoms with E-state index in [9.17, 15) is 17.6 Å². The van der Waals surface area contributed by atoms with Crippen LogP contribution in [0.3, 0.4) is 0 Å². The number of hydrogen-bond acceptors (Lipinski definition) is 5. The van der Waals surface area contributed by atoms with Gasteiger partial charge < -0.3 is 9.52 Å². The number of carbonyl (C=O) groups is 1. The Kier molecular flexibility index (Phi) is 3.11. The number of aromatic nitrogens is 1. The van der Waals surface area contributed by atoms with Crippen molar-refractivity contribution >= 4 is 15.8 Å². The summed E-state index contributed by atoms with van der Waals surface area (Å²) in [4.78, 5) is 14.4. The third-order valence-corrected chi connectivity index (χ3v) is 3.51. The Morgan fingerprint density at radius 1 is 1.42 bits per heavy atom. The van der Waals surface area contributed by atoms with E-state index in [2.05, 4.69) is 9.40 Å². The zero-order valence-corrected chi connectivity index (χ0v) is 10.4. The molecule has 0 aliphatic carbocycles. The van der Waals surface area contributed by atoms with Gasteiger partial charge >= 0.3 is 5.97 Å². The lowest BCUT2D eigenvalue weighted by Crippen LogP contribution is -2.03. The van der Waals surface area contributed by atoms with Crippen LogP contribution in [-0.2, 0) is 9.84 Å². The van der Waals surface area contributed by atoms with Crippen molar-refractivity contribution in [1.29, 1.82) is 0 Å². The van der Waals surface area contributed by atoms with Crippen LogP contribution >= 0.6 is 0 Å². The van der Waals surface area contributed by atoms with Crippen molar-refractivity contribution < 1.29 is 27.1 Å². The Labute approximate surface area is 107 Å². The van der Waals surface area contributed by atoms with Crippen molar-refractivity contribution in [1.82, 2.24) is 4.98 Å². The lowest BCUT2D eigenvalue weighted by molar-refractivity contribution is 0.0663. The summed E-state index contributed by atoms with van der Waals surface area (Å²) in [7, 11) is -3.66. The zero-order chi connectivity index (χ0) is 14.2. The molecule has 1 N–H and O–H groups in total. The number of carboxylic acids is 1. The third kappa shape index (κ3) is 2.48. The molecule has 1 aromatic heterocycles. The average molecular weight is 285 g/mol. The molecule has 2 aromatic rings. The Morgan fingerprint density at radius 3 is 2.68 bits per heavy atom. The number of benzene rings is 1. The largest absolute Gasteiger partial charge is 0.475 e. The summed E-state index contributed by atoms with van der Waals surface area (Å²) in [5.41, 5.74) is -0.374. The van der Waals surface area contributed by atoms with Crippen LogP contribution < -0.4 is 0 Å². The Bertz CT molecular complexity index is 750. The van der Waals surface area contributed by atoms with Crippen molar-refractivity contribution in [2.24, 2.45) is 0 Å². The van der Waals surface area contributed by atoms with Gasteiger partial charge in [0.2, 0.25) is 5.76 Å². The van der Waals surface area contributed by atoms with E-state index in [1.54, 1.807) is 0 Å². The SMILES string of the molecule is CS(=O)(=O)c1ccc(F)cc1-c1ncoc1C(=O)O. The van der Waals surface area contributed by atoms with Crippen molar-refractivity contribution in [3.05, 3.63) is 36.2 Å². The fourth-order valence-electron chi connectivity index (χ4n) is 1.60. The monoisotopic (exact) mass is 285 g/mol. The van der Waals surface area contributed by atoms with Crippen molar-refractivity contribution in [2.75, 3.05) is 6.26 Å². The first-order valence-electron chi connectivity index (χ1n) is 4.97. The molecule has 0 aliphatic heterocycles. The number of aromatic carboxylic acids is 1. The maximum absolute atomic E-state index is 13.3. The van der Waals surface area contributed by atoms with Crippen LogP contribution in [0.25, 0.3) is 11.3 Å². The molecular weight excluding hydrogens is 277 g/mol. The highest BCUT2D eigenvalue weighted by Gasteiger charge is 2.23. The molecule has 1 heterocycles. The summed E-state index contributed by atoms with van der Waals surface area (Å²) in [5.74, 6) is -2.67. The first kappa shape index (κ1) is 13.2. The summed E-state index contributed by atoms with van der Waals surface area (Å²) < 4.78 is 41.1. The van der Waals surface area contributed by atoms with Crippen molar-refractivity contribution in [2.45, 2.75) is 4.90 Å². The van der Waals surface area contributed by atoms with Gasteiger partial charge in [0.25, 0.3) is 0 Å². The summed E-state index contributed by atoms with van der Waals surface area (Å²) in [6.07, 6.45) is 1.79. The number of sulfone groups is 1. The number of nitrogens with zero attached hydrogens (tertiary/aromatic N) is 1. The first-order valence-corrected chi connectivity index (χ1v) is 6.86. The molecule has 0 bridgehead atoms. The Morgan fingerprint density at radius 2 is 2.11 bits per heavy atom. The van der Waals surface area contributed by atoms with Crippen LogP contribution in [0.2, 0.25) is 0 Å². The van der Waals surface area contributed by atoms with E-state index >= 15 is 0 Å². The second kappa shape index (κ2) is 4.47. The molecule has 0 spiro atoms. The molecule has 2 rings (SSSR count). The second-order valence-corrected chi connectivity index (χ2v) is 5.73. The van der Waals surface area contributed by atoms with Gasteiger partial charge in [0.15, 0.2) is 16.2 Å². The molecule has 100 valence electrons. The number of halogens is 1. The average Bonchev–Trinajstić information content (AvgIpc) is 2.75. The molecule has 0 radical (unpaired) electrons. The van der Waals surface area contributed by atoms with Gasteiger partial charge in [0, 0.05) is 11.8 Å². The van der Waals surface area contributed by atoms with Crippen LogP contribution in [0.1, 0.15) is 10.6 Å². The highest BCUT2D eigenvalue weighted by atomic mass is 32.2. The van der Waals surface area contributed by atoms with Crippen LogP contribution in [0.5, 0.6) is 0 Å². The molecular formula is C11H8FNO5S. The smallest absolute Gasteiger partial charge is 0.374 e. The normalized spacial score (nSPS) is 11.5. The third-order valence-electron chi connectivity index (χ3n) is 2.36. The molecule has 0 atom stereocenters. The van der Waals surface area contributed by atoms with E-state index in [1.165, 1.54) is 0 Å². The van der Waals surface area contributed by atoms with Gasteiger partial charge in [-0.1, -0.05) is 0 Å². The molecule has 0 saturated heterocycles. The molecule has 19 heavy (non-hydrogen) atoms. The lowest BCUT2D eigenvalue weighted by Gasteiger charge is -2.06. The summed E-state index contributed by atoms with van der Waals surface area (Å²) in [6, 6.07) is 2.93. The quantitative estimate of drug-likeness (QED) is 0.860. The van der Waals surface area contributed by atoms with Gasteiger partial charge in [-0.15, -0.1) is 0 Å². The molecule has 6 nitrogen and oxygen atoms in total. The molecule has 8 heteroatoms. The van der Waals surface area contributed by atoms with Gasteiger partial charge in [-0.3, -0.25) is 0 Å². The van der Waals surface area contributed by atoms with Crippen LogP contribution in [-0.4, -0.2) is 30.7 Å². The number of carboxylic acid groups (broad SMARTS) is 1. The second-order valence-electron chi connectivity index (χ2n) is 3.75. The maximum Gasteiger partial charge on any atom is 0.374 e. The predicted octanol–water partition coefficient (Wildman–Crippen LogP) is 1.58. The molecule has 0 aliphatic rings. The zero-order valence-electron chi connectivity index (χ0n) is 9.62. The summed E-state index contributed by atoms with van der Waals surface area (Å²) in [6.45, 7) is 0. The Balaban J connectivity index is 2.78. The van der Waals surface area contributed by atoms with Crippen LogP contribution in [0.15, 0.2) is 33.9 Å². The van der Waals surface area contributed by atoms with E-state index < -0.39 is 27.4 Å². The van der Waals surface area contributed by atoms with Gasteiger partial charge in [-0.25, -0.2) is 22.6 Å². The van der Waals surface area contributed by atoms with Gasteiger partial charge in [-0.05, 0) is 18.2 Å². The van der Waals surface area contributed by atoms with E-state index in [-0.39, 0.29) is 16.2 Å². The van der Waals surface area contributed by atoms with Crippen molar-refractivity contribution in [3.63, 3.8) is 0 Å². The highest BCUT2D eigenvalue weighted by Crippen LogP contribution is 2.29. The van der Waals surface area contributed by atoms with Crippen LogP contribution in [0.4, 0.5) is 4.39 Å². The van der Waals surface area contributed by atoms with E-state index in [0.29, 0.717) is 0 Å². The molecule has 0 fully saturated rings. The molecule has 0 unspecified atom stereocenters. The van der Waals surface area contributed by atoms with Gasteiger partial charge in [0.1, 0.15) is 11.5 Å². The minimum atomic E-state index is -3.66. The lowest BCUT2D eigenvalue weighted by atomic mass is 10.1. The maximum atomic E-state index is 13.3. The minimum absolute atomic E-state index is 0.145. The molecule has 0 amide bonds. The summed E-state index contributed by atoms with van der Waals surface area (Å²) in [5, 5.41) is 8.90. The molecule has 1 aromatic carbocycles. The standard InChI is InChI=1S/C11H8FNO5S/c1-19(16,17)8-3-2-6(12)4-7(8)9-10(11(14)15)18-5-13-9/h2-5H,1H3,(H,14,15). The predicted molar refractivity (Wildman–Crippen MR) is 62.0 cm³/mol. The number of hydrogen-bond donors (Lipinski definition) is 1. The molecule has 0 saturated carbocycles. The fraction of sp³-hybridized carbons (Fsp3) is 0.0909.